The molecule has 1 fully saturated rings. The zero-order valence-corrected chi connectivity index (χ0v) is 14.3. The van der Waals surface area contributed by atoms with E-state index in [1.807, 2.05) is 13.8 Å². The monoisotopic (exact) mass is 349 g/mol. The van der Waals surface area contributed by atoms with Gasteiger partial charge in [-0.1, -0.05) is 13.8 Å². The Balaban J connectivity index is 1.78. The molecule has 1 amide bonds. The number of carbonyl (C=O) groups is 2. The van der Waals surface area contributed by atoms with Crippen molar-refractivity contribution in [2.75, 3.05) is 13.1 Å². The molecule has 1 saturated heterocycles. The van der Waals surface area contributed by atoms with Gasteiger partial charge < -0.3 is 10.6 Å². The van der Waals surface area contributed by atoms with Crippen LogP contribution in [0.5, 0.6) is 0 Å². The van der Waals surface area contributed by atoms with Gasteiger partial charge in [0.2, 0.25) is 0 Å². The van der Waals surface area contributed by atoms with Crippen molar-refractivity contribution in [2.24, 2.45) is 16.6 Å². The van der Waals surface area contributed by atoms with Crippen LogP contribution in [0, 0.1) is 10.8 Å². The summed E-state index contributed by atoms with van der Waals surface area (Å²) in [5, 5.41) is 0. The van der Waals surface area contributed by atoms with Crippen LogP contribution in [0.4, 0.5) is 8.78 Å². The number of amides is 1. The number of hydrogen-bond acceptors (Lipinski definition) is 4. The van der Waals surface area contributed by atoms with E-state index >= 15 is 0 Å². The van der Waals surface area contributed by atoms with Crippen molar-refractivity contribution in [1.82, 2.24) is 9.88 Å². The number of carbonyl (C=O) groups excluding carboxylic acids is 2. The lowest BCUT2D eigenvalue weighted by atomic mass is 9.65. The van der Waals surface area contributed by atoms with Gasteiger partial charge in [-0.25, -0.2) is 8.78 Å². The second kappa shape index (κ2) is 5.89. The molecule has 1 aromatic rings. The van der Waals surface area contributed by atoms with E-state index in [1.54, 1.807) is 11.0 Å². The number of hydrogen-bond donors (Lipinski definition) is 1. The van der Waals surface area contributed by atoms with Gasteiger partial charge in [0.15, 0.2) is 5.78 Å². The van der Waals surface area contributed by atoms with Crippen LogP contribution in [-0.4, -0.2) is 34.7 Å². The summed E-state index contributed by atoms with van der Waals surface area (Å²) in [4.78, 5) is 30.1. The van der Waals surface area contributed by atoms with Gasteiger partial charge in [-0.2, -0.15) is 0 Å². The fourth-order valence-corrected chi connectivity index (χ4v) is 3.97. The molecule has 3 rings (SSSR count). The molecule has 1 aliphatic heterocycles. The normalized spacial score (nSPS) is 25.6. The third-order valence-electron chi connectivity index (χ3n) is 5.06. The summed E-state index contributed by atoms with van der Waals surface area (Å²) in [5.74, 6) is -0.304. The van der Waals surface area contributed by atoms with E-state index in [9.17, 15) is 18.4 Å². The number of allylic oxidation sites excluding steroid dienone is 1. The number of halogens is 2. The van der Waals surface area contributed by atoms with Crippen molar-refractivity contribution in [2.45, 2.75) is 33.1 Å². The lowest BCUT2D eigenvalue weighted by Gasteiger charge is -2.39. The molecule has 5 nitrogen and oxygen atoms in total. The summed E-state index contributed by atoms with van der Waals surface area (Å²) < 4.78 is 25.2. The number of alkyl halides is 2. The fourth-order valence-electron chi connectivity index (χ4n) is 3.97. The first kappa shape index (κ1) is 17.5. The second-order valence-electron chi connectivity index (χ2n) is 7.60. The Hall–Kier alpha value is -2.31. The van der Waals surface area contributed by atoms with E-state index in [-0.39, 0.29) is 34.1 Å². The zero-order chi connectivity index (χ0) is 18.4. The number of rotatable bonds is 2. The minimum absolute atomic E-state index is 0.0605. The number of aromatic nitrogens is 1. The van der Waals surface area contributed by atoms with Gasteiger partial charge in [-0.3, -0.25) is 14.6 Å². The van der Waals surface area contributed by atoms with Crippen molar-refractivity contribution in [3.05, 3.63) is 41.4 Å². The van der Waals surface area contributed by atoms with Gasteiger partial charge in [0.25, 0.3) is 12.3 Å². The van der Waals surface area contributed by atoms with Crippen molar-refractivity contribution in [1.29, 1.82) is 0 Å². The van der Waals surface area contributed by atoms with Crippen LogP contribution >= 0.6 is 0 Å². The Morgan fingerprint density at radius 1 is 1.36 bits per heavy atom. The molecule has 2 heterocycles. The highest BCUT2D eigenvalue weighted by Gasteiger charge is 2.48. The Labute approximate surface area is 144 Å². The number of ketones is 1. The van der Waals surface area contributed by atoms with Gasteiger partial charge >= 0.3 is 0 Å². The average molecular weight is 349 g/mol. The summed E-state index contributed by atoms with van der Waals surface area (Å²) in [6, 6.07) is 2.55. The molecule has 2 aliphatic rings. The average Bonchev–Trinajstić information content (AvgIpc) is 2.94. The third kappa shape index (κ3) is 3.15. The van der Waals surface area contributed by atoms with Gasteiger partial charge in [-0.15, -0.1) is 0 Å². The molecule has 1 spiro atoms. The van der Waals surface area contributed by atoms with Crippen molar-refractivity contribution >= 4 is 11.7 Å². The number of likely N-dealkylation sites (tertiary alicyclic amines) is 1. The van der Waals surface area contributed by atoms with E-state index in [1.165, 1.54) is 18.3 Å². The van der Waals surface area contributed by atoms with Crippen LogP contribution in [0.1, 0.15) is 49.2 Å². The fraction of sp³-hybridized carbons (Fsp3) is 0.500. The predicted octanol–water partition coefficient (Wildman–Crippen LogP) is 2.69. The Morgan fingerprint density at radius 2 is 2.08 bits per heavy atom. The molecule has 1 aliphatic carbocycles. The van der Waals surface area contributed by atoms with Crippen molar-refractivity contribution in [3.8, 4) is 0 Å². The second-order valence-corrected chi connectivity index (χ2v) is 7.60. The summed E-state index contributed by atoms with van der Waals surface area (Å²) in [6.07, 6.45) is 1.68. The van der Waals surface area contributed by atoms with Crippen molar-refractivity contribution < 1.29 is 18.4 Å². The molecular weight excluding hydrogens is 328 g/mol. The molecule has 0 radical (unpaired) electrons. The maximum atomic E-state index is 12.6. The number of nitrogens with two attached hydrogens (primary N) is 1. The van der Waals surface area contributed by atoms with Gasteiger partial charge in [-0.05, 0) is 31.1 Å². The molecule has 0 bridgehead atoms. The maximum Gasteiger partial charge on any atom is 0.280 e. The molecular formula is C18H21F2N3O2. The summed E-state index contributed by atoms with van der Waals surface area (Å²) in [6.45, 7) is 4.73. The summed E-state index contributed by atoms with van der Waals surface area (Å²) in [7, 11) is 0. The van der Waals surface area contributed by atoms with Crippen LogP contribution in [0.25, 0.3) is 0 Å². The minimum atomic E-state index is -2.66. The Morgan fingerprint density at radius 3 is 2.64 bits per heavy atom. The smallest absolute Gasteiger partial charge is 0.280 e. The molecule has 0 saturated carbocycles. The molecule has 1 aromatic heterocycles. The van der Waals surface area contributed by atoms with Crippen LogP contribution < -0.4 is 5.73 Å². The number of nitrogens with zero attached hydrogens (tertiary/aromatic N) is 2. The Kier molecular flexibility index (Phi) is 4.13. The first-order chi connectivity index (χ1) is 11.6. The van der Waals surface area contributed by atoms with Gasteiger partial charge in [0.1, 0.15) is 5.69 Å². The first-order valence-corrected chi connectivity index (χ1v) is 8.20. The van der Waals surface area contributed by atoms with Gasteiger partial charge in [0.05, 0.1) is 11.3 Å². The summed E-state index contributed by atoms with van der Waals surface area (Å²) >= 11 is 0. The van der Waals surface area contributed by atoms with Crippen LogP contribution in [0.3, 0.4) is 0 Å². The van der Waals surface area contributed by atoms with E-state index < -0.39 is 11.8 Å². The molecule has 0 unspecified atom stereocenters. The maximum absolute atomic E-state index is 12.6. The largest absolute Gasteiger partial charge is 0.396 e. The molecule has 7 heteroatoms. The SMILES string of the molecule is CC1(C)C[C@]2(C=C(N)C1=O)CCN(C(=O)c1ccc(C(F)F)nc1)C2. The lowest BCUT2D eigenvalue weighted by molar-refractivity contribution is -0.125. The lowest BCUT2D eigenvalue weighted by Crippen LogP contribution is -2.42. The van der Waals surface area contributed by atoms with Crippen LogP contribution in [0.2, 0.25) is 0 Å². The summed E-state index contributed by atoms with van der Waals surface area (Å²) in [5.41, 5.74) is 5.23. The Bertz CT molecular complexity index is 743. The van der Waals surface area contributed by atoms with E-state index in [0.717, 1.165) is 6.42 Å². The molecule has 0 aromatic carbocycles. The van der Waals surface area contributed by atoms with Gasteiger partial charge in [0, 0.05) is 30.1 Å². The van der Waals surface area contributed by atoms with E-state index in [0.29, 0.717) is 19.5 Å². The minimum Gasteiger partial charge on any atom is -0.396 e. The highest BCUT2D eigenvalue weighted by atomic mass is 19.3. The molecule has 25 heavy (non-hydrogen) atoms. The standard InChI is InChI=1S/C18H21F2N3O2/c1-17(2)9-18(7-12(21)14(17)24)5-6-23(10-18)16(25)11-3-4-13(15(19)20)22-8-11/h3-4,7-8,15H,5-6,9-10,21H2,1-2H3/t18-/m1/s1. The first-order valence-electron chi connectivity index (χ1n) is 8.20. The number of Topliss-reactive ketones (excluding diaryl/α,β-unsaturated/α-hetero) is 1. The quantitative estimate of drug-likeness (QED) is 0.891. The van der Waals surface area contributed by atoms with E-state index in [4.69, 9.17) is 5.73 Å². The zero-order valence-electron chi connectivity index (χ0n) is 14.3. The van der Waals surface area contributed by atoms with Crippen LogP contribution in [0.15, 0.2) is 30.1 Å². The van der Waals surface area contributed by atoms with E-state index in [2.05, 4.69) is 4.98 Å². The molecule has 1 atom stereocenters. The molecule has 2 N–H and O–H groups in total. The predicted molar refractivity (Wildman–Crippen MR) is 87.8 cm³/mol. The highest BCUT2D eigenvalue weighted by molar-refractivity contribution is 6.00. The van der Waals surface area contributed by atoms with Crippen molar-refractivity contribution in [3.63, 3.8) is 0 Å². The number of pyridine rings is 1. The molecule has 134 valence electrons. The topological polar surface area (TPSA) is 76.3 Å². The highest BCUT2D eigenvalue weighted by Crippen LogP contribution is 2.47. The third-order valence-corrected chi connectivity index (χ3v) is 5.06. The van der Waals surface area contributed by atoms with Crippen LogP contribution in [-0.2, 0) is 4.79 Å².